The van der Waals surface area contributed by atoms with E-state index in [-0.39, 0.29) is 5.41 Å². The summed E-state index contributed by atoms with van der Waals surface area (Å²) < 4.78 is 0. The van der Waals surface area contributed by atoms with Gasteiger partial charge >= 0.3 is 0 Å². The predicted octanol–water partition coefficient (Wildman–Crippen LogP) is 1.35. The summed E-state index contributed by atoms with van der Waals surface area (Å²) in [6.07, 6.45) is 2.36. The molecule has 2 heteroatoms. The van der Waals surface area contributed by atoms with Gasteiger partial charge in [0.05, 0.1) is 0 Å². The summed E-state index contributed by atoms with van der Waals surface area (Å²) in [5.41, 5.74) is 11.5. The first-order valence-electron chi connectivity index (χ1n) is 4.54. The normalized spacial score (nSPS) is 12.5. The van der Waals surface area contributed by atoms with Gasteiger partial charge in [0.15, 0.2) is 0 Å². The first kappa shape index (κ1) is 10.9. The molecular formula is C9H22N2. The molecule has 0 saturated carbocycles. The summed E-state index contributed by atoms with van der Waals surface area (Å²) in [5.74, 6) is 0.678. The van der Waals surface area contributed by atoms with Crippen LogP contribution in [0.5, 0.6) is 0 Å². The van der Waals surface area contributed by atoms with Crippen LogP contribution in [0.3, 0.4) is 0 Å². The SMILES string of the molecule is CCC(CC)C(C)(CN)CN. The second kappa shape index (κ2) is 4.73. The molecule has 68 valence electrons. The van der Waals surface area contributed by atoms with Crippen LogP contribution in [-0.2, 0) is 0 Å². The number of nitrogens with two attached hydrogens (primary N) is 2. The highest BCUT2D eigenvalue weighted by molar-refractivity contribution is 4.82. The van der Waals surface area contributed by atoms with E-state index in [1.165, 1.54) is 12.8 Å². The summed E-state index contributed by atoms with van der Waals surface area (Å²) in [6, 6.07) is 0. The van der Waals surface area contributed by atoms with Crippen LogP contribution in [0.25, 0.3) is 0 Å². The van der Waals surface area contributed by atoms with E-state index in [0.29, 0.717) is 19.0 Å². The summed E-state index contributed by atoms with van der Waals surface area (Å²) in [6.45, 7) is 8.01. The molecule has 0 heterocycles. The Balaban J connectivity index is 4.19. The predicted molar refractivity (Wildman–Crippen MR) is 50.3 cm³/mol. The Bertz CT molecular complexity index is 93.7. The second-order valence-corrected chi connectivity index (χ2v) is 3.58. The molecule has 0 aromatic heterocycles. The fraction of sp³-hybridized carbons (Fsp3) is 1.00. The maximum Gasteiger partial charge on any atom is -0.000844 e. The van der Waals surface area contributed by atoms with Gasteiger partial charge in [0.2, 0.25) is 0 Å². The van der Waals surface area contributed by atoms with E-state index in [1.807, 2.05) is 0 Å². The molecule has 4 N–H and O–H groups in total. The molecule has 11 heavy (non-hydrogen) atoms. The monoisotopic (exact) mass is 158 g/mol. The highest BCUT2D eigenvalue weighted by Crippen LogP contribution is 2.29. The molecular weight excluding hydrogens is 136 g/mol. The van der Waals surface area contributed by atoms with Crippen LogP contribution in [0.1, 0.15) is 33.6 Å². The highest BCUT2D eigenvalue weighted by atomic mass is 14.7. The Morgan fingerprint density at radius 2 is 1.45 bits per heavy atom. The highest BCUT2D eigenvalue weighted by Gasteiger charge is 2.28. The van der Waals surface area contributed by atoms with Gasteiger partial charge in [-0.15, -0.1) is 0 Å². The smallest absolute Gasteiger partial charge is 0.000844 e. The van der Waals surface area contributed by atoms with E-state index in [1.54, 1.807) is 0 Å². The third-order valence-corrected chi connectivity index (χ3v) is 2.90. The van der Waals surface area contributed by atoms with Gasteiger partial charge < -0.3 is 11.5 Å². The van der Waals surface area contributed by atoms with Gasteiger partial charge in [-0.2, -0.15) is 0 Å². The van der Waals surface area contributed by atoms with E-state index in [9.17, 15) is 0 Å². The molecule has 0 radical (unpaired) electrons. The largest absolute Gasteiger partial charge is 0.330 e. The van der Waals surface area contributed by atoms with E-state index >= 15 is 0 Å². The quantitative estimate of drug-likeness (QED) is 0.634. The van der Waals surface area contributed by atoms with Crippen molar-refractivity contribution in [1.29, 1.82) is 0 Å². The molecule has 0 rings (SSSR count). The van der Waals surface area contributed by atoms with Crippen molar-refractivity contribution in [3.05, 3.63) is 0 Å². The van der Waals surface area contributed by atoms with Crippen LogP contribution >= 0.6 is 0 Å². The Labute approximate surface area is 70.3 Å². The minimum atomic E-state index is 0.156. The fourth-order valence-electron chi connectivity index (χ4n) is 1.69. The van der Waals surface area contributed by atoms with Crippen molar-refractivity contribution >= 4 is 0 Å². The van der Waals surface area contributed by atoms with E-state index < -0.39 is 0 Å². The number of hydrogen-bond acceptors (Lipinski definition) is 2. The molecule has 0 amide bonds. The lowest BCUT2D eigenvalue weighted by molar-refractivity contribution is 0.192. The summed E-state index contributed by atoms with van der Waals surface area (Å²) in [7, 11) is 0. The van der Waals surface area contributed by atoms with E-state index in [4.69, 9.17) is 11.5 Å². The van der Waals surface area contributed by atoms with Crippen LogP contribution in [0.4, 0.5) is 0 Å². The van der Waals surface area contributed by atoms with Crippen molar-refractivity contribution in [2.45, 2.75) is 33.6 Å². The van der Waals surface area contributed by atoms with Gasteiger partial charge in [0.1, 0.15) is 0 Å². The van der Waals surface area contributed by atoms with Crippen molar-refractivity contribution in [2.75, 3.05) is 13.1 Å². The Morgan fingerprint density at radius 1 is 1.09 bits per heavy atom. The van der Waals surface area contributed by atoms with Crippen molar-refractivity contribution in [3.63, 3.8) is 0 Å². The summed E-state index contributed by atoms with van der Waals surface area (Å²) >= 11 is 0. The van der Waals surface area contributed by atoms with Crippen molar-refractivity contribution in [3.8, 4) is 0 Å². The lowest BCUT2D eigenvalue weighted by Gasteiger charge is -2.34. The molecule has 0 aliphatic carbocycles. The van der Waals surface area contributed by atoms with Crippen LogP contribution in [0.15, 0.2) is 0 Å². The molecule has 0 atom stereocenters. The molecule has 0 aromatic carbocycles. The fourth-order valence-corrected chi connectivity index (χ4v) is 1.69. The third kappa shape index (κ3) is 2.46. The van der Waals surface area contributed by atoms with Crippen molar-refractivity contribution in [1.82, 2.24) is 0 Å². The molecule has 0 saturated heterocycles. The Kier molecular flexibility index (Phi) is 4.69. The molecule has 0 spiro atoms. The van der Waals surface area contributed by atoms with E-state index in [2.05, 4.69) is 20.8 Å². The van der Waals surface area contributed by atoms with Gasteiger partial charge in [-0.25, -0.2) is 0 Å². The first-order valence-corrected chi connectivity index (χ1v) is 4.54. The van der Waals surface area contributed by atoms with Gasteiger partial charge in [-0.3, -0.25) is 0 Å². The molecule has 2 nitrogen and oxygen atoms in total. The van der Waals surface area contributed by atoms with Gasteiger partial charge in [0.25, 0.3) is 0 Å². The zero-order valence-electron chi connectivity index (χ0n) is 8.06. The van der Waals surface area contributed by atoms with E-state index in [0.717, 1.165) is 0 Å². The molecule has 0 fully saturated rings. The molecule has 0 unspecified atom stereocenters. The maximum absolute atomic E-state index is 5.69. The maximum atomic E-state index is 5.69. The number of rotatable bonds is 5. The second-order valence-electron chi connectivity index (χ2n) is 3.58. The van der Waals surface area contributed by atoms with Crippen LogP contribution < -0.4 is 11.5 Å². The minimum Gasteiger partial charge on any atom is -0.330 e. The minimum absolute atomic E-state index is 0.156. The number of hydrogen-bond donors (Lipinski definition) is 2. The first-order chi connectivity index (χ1) is 5.14. The van der Waals surface area contributed by atoms with Crippen LogP contribution in [-0.4, -0.2) is 13.1 Å². The third-order valence-electron chi connectivity index (χ3n) is 2.90. The van der Waals surface area contributed by atoms with Gasteiger partial charge in [0, 0.05) is 0 Å². The average Bonchev–Trinajstić information content (AvgIpc) is 2.06. The molecule has 0 aromatic rings. The van der Waals surface area contributed by atoms with Gasteiger partial charge in [-0.05, 0) is 24.4 Å². The molecule has 0 aliphatic heterocycles. The zero-order chi connectivity index (χ0) is 8.91. The van der Waals surface area contributed by atoms with Crippen molar-refractivity contribution < 1.29 is 0 Å². The zero-order valence-corrected chi connectivity index (χ0v) is 8.06. The summed E-state index contributed by atoms with van der Waals surface area (Å²) in [4.78, 5) is 0. The van der Waals surface area contributed by atoms with Crippen LogP contribution in [0, 0.1) is 11.3 Å². The average molecular weight is 158 g/mol. The molecule has 0 bridgehead atoms. The Morgan fingerprint density at radius 3 is 1.55 bits per heavy atom. The lowest BCUT2D eigenvalue weighted by atomic mass is 9.74. The van der Waals surface area contributed by atoms with Crippen LogP contribution in [0.2, 0.25) is 0 Å². The van der Waals surface area contributed by atoms with Gasteiger partial charge in [-0.1, -0.05) is 33.6 Å². The topological polar surface area (TPSA) is 52.0 Å². The summed E-state index contributed by atoms with van der Waals surface area (Å²) in [5, 5.41) is 0. The van der Waals surface area contributed by atoms with Crippen molar-refractivity contribution in [2.24, 2.45) is 22.8 Å². The lowest BCUT2D eigenvalue weighted by Crippen LogP contribution is -2.41. The standard InChI is InChI=1S/C9H22N2/c1-4-8(5-2)9(3,6-10)7-11/h8H,4-7,10-11H2,1-3H3. The molecule has 0 aliphatic rings. The Hall–Kier alpha value is -0.0800.